The number of aryl methyl sites for hydroxylation is 2. The van der Waals surface area contributed by atoms with Gasteiger partial charge in [-0.2, -0.15) is 13.2 Å². The summed E-state index contributed by atoms with van der Waals surface area (Å²) in [5, 5.41) is 3.80. The van der Waals surface area contributed by atoms with Crippen molar-refractivity contribution in [1.29, 1.82) is 0 Å². The molecular formula is C9H7F3N2S. The molecule has 2 rings (SSSR count). The van der Waals surface area contributed by atoms with Crippen LogP contribution in [0, 0.1) is 13.8 Å². The van der Waals surface area contributed by atoms with E-state index in [9.17, 15) is 13.2 Å². The predicted molar refractivity (Wildman–Crippen MR) is 51.9 cm³/mol. The molecule has 0 aliphatic heterocycles. The highest BCUT2D eigenvalue weighted by Gasteiger charge is 2.33. The summed E-state index contributed by atoms with van der Waals surface area (Å²) in [4.78, 5) is 0. The van der Waals surface area contributed by atoms with Crippen LogP contribution in [0.3, 0.4) is 0 Å². The maximum Gasteiger partial charge on any atom is 0.416 e. The molecule has 0 saturated carbocycles. The molecule has 0 aliphatic carbocycles. The van der Waals surface area contributed by atoms with Crippen molar-refractivity contribution >= 4 is 21.7 Å². The van der Waals surface area contributed by atoms with E-state index in [0.29, 0.717) is 15.8 Å². The average molecular weight is 232 g/mol. The first kappa shape index (κ1) is 10.4. The number of hydrogen-bond acceptors (Lipinski definition) is 3. The van der Waals surface area contributed by atoms with Crippen LogP contribution in [0.4, 0.5) is 13.2 Å². The molecule has 0 atom stereocenters. The summed E-state index contributed by atoms with van der Waals surface area (Å²) in [6.45, 7) is 3.06. The first-order valence-electron chi connectivity index (χ1n) is 4.20. The van der Waals surface area contributed by atoms with Crippen molar-refractivity contribution in [3.63, 3.8) is 0 Å². The Kier molecular flexibility index (Phi) is 2.18. The summed E-state index contributed by atoms with van der Waals surface area (Å²) in [7, 11) is 0. The normalized spacial score (nSPS) is 12.3. The average Bonchev–Trinajstić information content (AvgIpc) is 2.58. The summed E-state index contributed by atoms with van der Waals surface area (Å²) >= 11 is 0.997. The van der Waals surface area contributed by atoms with Gasteiger partial charge in [0, 0.05) is 0 Å². The van der Waals surface area contributed by atoms with Gasteiger partial charge in [0.25, 0.3) is 0 Å². The first-order chi connectivity index (χ1) is 6.91. The van der Waals surface area contributed by atoms with Crippen molar-refractivity contribution in [2.75, 3.05) is 0 Å². The van der Waals surface area contributed by atoms with Gasteiger partial charge < -0.3 is 0 Å². The van der Waals surface area contributed by atoms with Gasteiger partial charge in [0.15, 0.2) is 0 Å². The maximum absolute atomic E-state index is 12.6. The van der Waals surface area contributed by atoms with E-state index in [2.05, 4.69) is 9.59 Å². The van der Waals surface area contributed by atoms with Crippen molar-refractivity contribution in [2.24, 2.45) is 0 Å². The van der Waals surface area contributed by atoms with Crippen LogP contribution in [-0.2, 0) is 6.18 Å². The molecule has 1 aromatic carbocycles. The number of halogens is 3. The lowest BCUT2D eigenvalue weighted by Crippen LogP contribution is -2.08. The van der Waals surface area contributed by atoms with E-state index in [0.717, 1.165) is 17.6 Å². The van der Waals surface area contributed by atoms with Gasteiger partial charge in [0.05, 0.1) is 10.3 Å². The third-order valence-electron chi connectivity index (χ3n) is 2.27. The molecule has 0 amide bonds. The van der Waals surface area contributed by atoms with Crippen LogP contribution in [0.25, 0.3) is 10.2 Å². The Morgan fingerprint density at radius 2 is 1.93 bits per heavy atom. The van der Waals surface area contributed by atoms with Crippen LogP contribution >= 0.6 is 11.5 Å². The maximum atomic E-state index is 12.6. The van der Waals surface area contributed by atoms with Crippen LogP contribution in [-0.4, -0.2) is 9.59 Å². The molecule has 0 fully saturated rings. The van der Waals surface area contributed by atoms with E-state index in [-0.39, 0.29) is 5.56 Å². The molecule has 0 unspecified atom stereocenters. The lowest BCUT2D eigenvalue weighted by molar-refractivity contribution is -0.137. The van der Waals surface area contributed by atoms with Crippen LogP contribution in [0.15, 0.2) is 6.07 Å². The molecule has 1 heterocycles. The molecule has 0 saturated heterocycles. The molecule has 0 radical (unpaired) electrons. The number of alkyl halides is 3. The fourth-order valence-electron chi connectivity index (χ4n) is 1.50. The van der Waals surface area contributed by atoms with Gasteiger partial charge in [-0.15, -0.1) is 5.10 Å². The Morgan fingerprint density at radius 1 is 1.27 bits per heavy atom. The van der Waals surface area contributed by atoms with Crippen LogP contribution in [0.2, 0.25) is 0 Å². The van der Waals surface area contributed by atoms with E-state index in [1.165, 1.54) is 6.92 Å². The van der Waals surface area contributed by atoms with Gasteiger partial charge in [0.1, 0.15) is 5.52 Å². The Labute approximate surface area is 87.9 Å². The fraction of sp³-hybridized carbons (Fsp3) is 0.333. The minimum absolute atomic E-state index is 0.207. The molecule has 0 spiro atoms. The van der Waals surface area contributed by atoms with Gasteiger partial charge >= 0.3 is 6.18 Å². The predicted octanol–water partition coefficient (Wildman–Crippen LogP) is 3.33. The zero-order valence-electron chi connectivity index (χ0n) is 8.01. The number of hydrogen-bond donors (Lipinski definition) is 0. The van der Waals surface area contributed by atoms with Crippen LogP contribution in [0.5, 0.6) is 0 Å². The van der Waals surface area contributed by atoms with Crippen LogP contribution < -0.4 is 0 Å². The molecule has 80 valence electrons. The summed E-state index contributed by atoms with van der Waals surface area (Å²) in [5.41, 5.74) is 0.679. The van der Waals surface area contributed by atoms with Crippen molar-refractivity contribution in [3.05, 3.63) is 22.8 Å². The Morgan fingerprint density at radius 3 is 2.53 bits per heavy atom. The number of nitrogens with zero attached hydrogens (tertiary/aromatic N) is 2. The number of rotatable bonds is 0. The van der Waals surface area contributed by atoms with Crippen molar-refractivity contribution in [1.82, 2.24) is 9.59 Å². The van der Waals surface area contributed by atoms with Crippen molar-refractivity contribution in [2.45, 2.75) is 20.0 Å². The summed E-state index contributed by atoms with van der Waals surface area (Å²) in [6, 6.07) is 1.12. The van der Waals surface area contributed by atoms with Crippen molar-refractivity contribution in [3.8, 4) is 0 Å². The summed E-state index contributed by atoms with van der Waals surface area (Å²) in [6.07, 6.45) is -4.31. The quantitative estimate of drug-likeness (QED) is 0.696. The largest absolute Gasteiger partial charge is 0.416 e. The second-order valence-corrected chi connectivity index (χ2v) is 4.07. The number of benzene rings is 1. The topological polar surface area (TPSA) is 25.8 Å². The first-order valence-corrected chi connectivity index (χ1v) is 4.98. The smallest absolute Gasteiger partial charge is 0.166 e. The SMILES string of the molecule is Cc1cc(C(F)(F)F)c(C)c2snnc12. The van der Waals surface area contributed by atoms with Gasteiger partial charge in [-0.3, -0.25) is 0 Å². The van der Waals surface area contributed by atoms with Crippen LogP contribution in [0.1, 0.15) is 16.7 Å². The van der Waals surface area contributed by atoms with Gasteiger partial charge in [-0.1, -0.05) is 4.49 Å². The zero-order valence-corrected chi connectivity index (χ0v) is 8.83. The lowest BCUT2D eigenvalue weighted by Gasteiger charge is -2.11. The highest BCUT2D eigenvalue weighted by Crippen LogP contribution is 2.36. The third-order valence-corrected chi connectivity index (χ3v) is 3.12. The molecular weight excluding hydrogens is 225 g/mol. The Balaban J connectivity index is 2.83. The minimum Gasteiger partial charge on any atom is -0.166 e. The third kappa shape index (κ3) is 1.58. The molecule has 15 heavy (non-hydrogen) atoms. The second kappa shape index (κ2) is 3.16. The minimum atomic E-state index is -4.31. The van der Waals surface area contributed by atoms with E-state index < -0.39 is 11.7 Å². The standard InChI is InChI=1S/C9H7F3N2S/c1-4-3-6(9(10,11)12)5(2)8-7(4)13-14-15-8/h3H,1-2H3. The molecule has 6 heteroatoms. The van der Waals surface area contributed by atoms with E-state index >= 15 is 0 Å². The molecule has 2 aromatic rings. The van der Waals surface area contributed by atoms with E-state index in [4.69, 9.17) is 0 Å². The lowest BCUT2D eigenvalue weighted by atomic mass is 10.0. The Bertz CT molecular complexity index is 516. The van der Waals surface area contributed by atoms with E-state index in [1.807, 2.05) is 0 Å². The number of fused-ring (bicyclic) bond motifs is 1. The van der Waals surface area contributed by atoms with Gasteiger partial charge in [0.2, 0.25) is 0 Å². The zero-order chi connectivity index (χ0) is 11.2. The summed E-state index contributed by atoms with van der Waals surface area (Å²) < 4.78 is 42.1. The van der Waals surface area contributed by atoms with Crippen molar-refractivity contribution < 1.29 is 13.2 Å². The summed E-state index contributed by atoms with van der Waals surface area (Å²) in [5.74, 6) is 0. The number of aromatic nitrogens is 2. The van der Waals surface area contributed by atoms with Gasteiger partial charge in [-0.25, -0.2) is 0 Å². The molecule has 0 bridgehead atoms. The molecule has 0 aliphatic rings. The molecule has 1 aromatic heterocycles. The van der Waals surface area contributed by atoms with E-state index in [1.54, 1.807) is 6.92 Å². The van der Waals surface area contributed by atoms with Gasteiger partial charge in [-0.05, 0) is 42.6 Å². The molecule has 2 nitrogen and oxygen atoms in total. The highest BCUT2D eigenvalue weighted by molar-refractivity contribution is 7.13. The fourth-order valence-corrected chi connectivity index (χ4v) is 2.24. The Hall–Kier alpha value is -1.17. The highest BCUT2D eigenvalue weighted by atomic mass is 32.1. The second-order valence-electron chi connectivity index (χ2n) is 3.31. The molecule has 0 N–H and O–H groups in total. The monoisotopic (exact) mass is 232 g/mol.